The van der Waals surface area contributed by atoms with E-state index in [1.807, 2.05) is 35.2 Å². The Morgan fingerprint density at radius 1 is 1.06 bits per heavy atom. The van der Waals surface area contributed by atoms with Crippen molar-refractivity contribution in [2.75, 3.05) is 26.2 Å². The van der Waals surface area contributed by atoms with E-state index in [-0.39, 0.29) is 39.5 Å². The van der Waals surface area contributed by atoms with Gasteiger partial charge in [-0.05, 0) is 44.0 Å². The van der Waals surface area contributed by atoms with Crippen molar-refractivity contribution in [3.05, 3.63) is 70.1 Å². The van der Waals surface area contributed by atoms with Crippen LogP contribution in [0.1, 0.15) is 39.3 Å². The Morgan fingerprint density at radius 2 is 1.82 bits per heavy atom. The van der Waals surface area contributed by atoms with E-state index in [2.05, 4.69) is 15.0 Å². The molecule has 0 aliphatic carbocycles. The number of hydrogen-bond donors (Lipinski definition) is 1. The largest absolute Gasteiger partial charge is 0.442 e. The number of hydrogen-bond acceptors (Lipinski definition) is 6. The number of aromatic nitrogens is 3. The maximum atomic E-state index is 13.4. The summed E-state index contributed by atoms with van der Waals surface area (Å²) in [6.07, 6.45) is 4.66. The van der Waals surface area contributed by atoms with Crippen molar-refractivity contribution >= 4 is 33.8 Å². The minimum atomic E-state index is -0.387. The number of carbonyl (C=O) groups excluding carboxylic acids is 2. The average Bonchev–Trinajstić information content (AvgIpc) is 3.55. The Kier molecular flexibility index (Phi) is 4.55. The summed E-state index contributed by atoms with van der Waals surface area (Å²) in [7, 11) is 0. The first kappa shape index (κ1) is 20.6. The van der Waals surface area contributed by atoms with Crippen molar-refractivity contribution in [1.82, 2.24) is 24.8 Å². The van der Waals surface area contributed by atoms with Crippen LogP contribution >= 0.6 is 0 Å². The molecule has 34 heavy (non-hydrogen) atoms. The van der Waals surface area contributed by atoms with Crippen molar-refractivity contribution in [2.24, 2.45) is 5.41 Å². The van der Waals surface area contributed by atoms with Crippen molar-refractivity contribution in [3.8, 4) is 0 Å². The fraction of sp³-hybridized carbons (Fsp3) is 0.320. The summed E-state index contributed by atoms with van der Waals surface area (Å²) in [5, 5.41) is 1.13. The molecule has 5 heterocycles. The minimum Gasteiger partial charge on any atom is -0.442 e. The van der Waals surface area contributed by atoms with Gasteiger partial charge in [-0.1, -0.05) is 6.07 Å². The lowest BCUT2D eigenvalue weighted by molar-refractivity contribution is 0.0755. The van der Waals surface area contributed by atoms with E-state index in [1.54, 1.807) is 18.0 Å². The highest BCUT2D eigenvalue weighted by Crippen LogP contribution is 2.41. The van der Waals surface area contributed by atoms with Crippen LogP contribution in [-0.4, -0.2) is 62.7 Å². The van der Waals surface area contributed by atoms with E-state index in [1.165, 1.54) is 6.33 Å². The molecule has 9 nitrogen and oxygen atoms in total. The molecule has 2 saturated heterocycles. The molecule has 1 N–H and O–H groups in total. The number of H-pyrrole nitrogens is 1. The molecule has 9 heteroatoms. The first-order chi connectivity index (χ1) is 16.4. The number of benzene rings is 1. The molecule has 2 amide bonds. The van der Waals surface area contributed by atoms with Crippen LogP contribution in [-0.2, 0) is 0 Å². The van der Waals surface area contributed by atoms with Crippen LogP contribution in [0, 0.1) is 12.3 Å². The molecular formula is C25H23N5O4. The molecule has 2 fully saturated rings. The van der Waals surface area contributed by atoms with Gasteiger partial charge in [0.15, 0.2) is 0 Å². The predicted molar refractivity (Wildman–Crippen MR) is 125 cm³/mol. The second-order valence-electron chi connectivity index (χ2n) is 9.31. The summed E-state index contributed by atoms with van der Waals surface area (Å²) in [4.78, 5) is 53.5. The Morgan fingerprint density at radius 3 is 2.62 bits per heavy atom. The second kappa shape index (κ2) is 7.51. The molecule has 0 radical (unpaired) electrons. The fourth-order valence-corrected chi connectivity index (χ4v) is 5.41. The van der Waals surface area contributed by atoms with Gasteiger partial charge in [0.2, 0.25) is 5.71 Å². The van der Waals surface area contributed by atoms with Gasteiger partial charge in [-0.3, -0.25) is 19.4 Å². The number of likely N-dealkylation sites (tertiary alicyclic amines) is 2. The lowest BCUT2D eigenvalue weighted by atomic mass is 9.86. The quantitative estimate of drug-likeness (QED) is 0.495. The Balaban J connectivity index is 1.21. The van der Waals surface area contributed by atoms with E-state index >= 15 is 0 Å². The zero-order chi connectivity index (χ0) is 23.4. The van der Waals surface area contributed by atoms with Crippen molar-refractivity contribution in [2.45, 2.75) is 19.8 Å². The minimum absolute atomic E-state index is 0.00156. The number of furan rings is 1. The highest BCUT2D eigenvalue weighted by atomic mass is 16.3. The summed E-state index contributed by atoms with van der Waals surface area (Å²) in [6.45, 7) is 4.06. The monoisotopic (exact) mass is 457 g/mol. The molecule has 6 rings (SSSR count). The molecule has 0 saturated carbocycles. The van der Waals surface area contributed by atoms with Crippen LogP contribution in [0.15, 0.2) is 52.1 Å². The van der Waals surface area contributed by atoms with Crippen molar-refractivity contribution < 1.29 is 14.0 Å². The van der Waals surface area contributed by atoms with E-state index < -0.39 is 0 Å². The SMILES string of the molecule is Cc1oc2nc[nH]c(=O)c2c1C(=O)N1CCC2(CCN(C(=O)c3ccc4ncccc4c3)C2)C1. The molecule has 1 aromatic carbocycles. The van der Waals surface area contributed by atoms with Gasteiger partial charge in [0.05, 0.1) is 17.4 Å². The summed E-state index contributed by atoms with van der Waals surface area (Å²) in [5.74, 6) is 0.166. The lowest BCUT2D eigenvalue weighted by Gasteiger charge is -2.25. The Hall–Kier alpha value is -4.01. The van der Waals surface area contributed by atoms with Crippen LogP contribution in [0.2, 0.25) is 0 Å². The van der Waals surface area contributed by atoms with Gasteiger partial charge in [0.1, 0.15) is 11.1 Å². The molecule has 1 spiro atoms. The van der Waals surface area contributed by atoms with Crippen LogP contribution < -0.4 is 5.56 Å². The first-order valence-corrected chi connectivity index (χ1v) is 11.3. The Labute approximate surface area is 194 Å². The zero-order valence-corrected chi connectivity index (χ0v) is 18.7. The molecule has 1 atom stereocenters. The number of pyridine rings is 1. The number of fused-ring (bicyclic) bond motifs is 2. The normalized spacial score (nSPS) is 20.1. The maximum Gasteiger partial charge on any atom is 0.262 e. The van der Waals surface area contributed by atoms with Crippen LogP contribution in [0.3, 0.4) is 0 Å². The molecular weight excluding hydrogens is 434 g/mol. The molecule has 3 aromatic heterocycles. The van der Waals surface area contributed by atoms with Gasteiger partial charge in [-0.25, -0.2) is 4.98 Å². The van der Waals surface area contributed by atoms with Gasteiger partial charge >= 0.3 is 0 Å². The molecule has 4 aromatic rings. The van der Waals surface area contributed by atoms with Gasteiger partial charge in [0.25, 0.3) is 17.4 Å². The fourth-order valence-electron chi connectivity index (χ4n) is 5.41. The van der Waals surface area contributed by atoms with Crippen LogP contribution in [0.4, 0.5) is 0 Å². The summed E-state index contributed by atoms with van der Waals surface area (Å²) in [6, 6.07) is 9.40. The highest BCUT2D eigenvalue weighted by Gasteiger charge is 2.46. The molecule has 0 bridgehead atoms. The third-order valence-corrected chi connectivity index (χ3v) is 7.19. The number of nitrogens with one attached hydrogen (secondary N) is 1. The molecule has 2 aliphatic heterocycles. The number of rotatable bonds is 2. The smallest absolute Gasteiger partial charge is 0.262 e. The predicted octanol–water partition coefficient (Wildman–Crippen LogP) is 2.75. The van der Waals surface area contributed by atoms with Gasteiger partial charge in [-0.15, -0.1) is 0 Å². The Bertz CT molecular complexity index is 1520. The summed E-state index contributed by atoms with van der Waals surface area (Å²) in [5.41, 5.74) is 1.43. The maximum absolute atomic E-state index is 13.4. The zero-order valence-electron chi connectivity index (χ0n) is 18.7. The lowest BCUT2D eigenvalue weighted by Crippen LogP contribution is -2.36. The van der Waals surface area contributed by atoms with Gasteiger partial charge in [0, 0.05) is 48.7 Å². The number of carbonyl (C=O) groups is 2. The summed E-state index contributed by atoms with van der Waals surface area (Å²) >= 11 is 0. The number of aromatic amines is 1. The second-order valence-corrected chi connectivity index (χ2v) is 9.31. The van der Waals surface area contributed by atoms with Crippen molar-refractivity contribution in [1.29, 1.82) is 0 Å². The number of nitrogens with zero attached hydrogens (tertiary/aromatic N) is 4. The standard InChI is InChI=1S/C25H23N5O4/c1-15-19(20-21(31)27-14-28-22(20)34-15)24(33)30-10-7-25(13-30)6-9-29(12-25)23(32)17-4-5-18-16(11-17)3-2-8-26-18/h2-5,8,11,14H,6-7,9-10,12-13H2,1H3,(H,27,28,31). The molecule has 172 valence electrons. The van der Waals surface area contributed by atoms with Gasteiger partial charge in [-0.2, -0.15) is 0 Å². The first-order valence-electron chi connectivity index (χ1n) is 11.3. The van der Waals surface area contributed by atoms with Crippen LogP contribution in [0.5, 0.6) is 0 Å². The van der Waals surface area contributed by atoms with Gasteiger partial charge < -0.3 is 19.2 Å². The molecule has 1 unspecified atom stereocenters. The van der Waals surface area contributed by atoms with Crippen LogP contribution in [0.25, 0.3) is 22.0 Å². The number of aryl methyl sites for hydroxylation is 1. The van der Waals surface area contributed by atoms with E-state index in [4.69, 9.17) is 4.42 Å². The molecule has 2 aliphatic rings. The third-order valence-electron chi connectivity index (χ3n) is 7.19. The third kappa shape index (κ3) is 3.19. The van der Waals surface area contributed by atoms with E-state index in [0.717, 1.165) is 23.7 Å². The van der Waals surface area contributed by atoms with E-state index in [9.17, 15) is 14.4 Å². The highest BCUT2D eigenvalue weighted by molar-refractivity contribution is 6.06. The van der Waals surface area contributed by atoms with E-state index in [0.29, 0.717) is 37.5 Å². The topological polar surface area (TPSA) is 112 Å². The van der Waals surface area contributed by atoms with Crippen molar-refractivity contribution in [3.63, 3.8) is 0 Å². The number of amides is 2. The summed E-state index contributed by atoms with van der Waals surface area (Å²) < 4.78 is 5.57. The average molecular weight is 457 g/mol.